The van der Waals surface area contributed by atoms with Crippen LogP contribution in [0.4, 0.5) is 13.6 Å². The fraction of sp³-hybridized carbons (Fsp3) is 0.889. The molecule has 0 bridgehead atoms. The molecule has 16 heavy (non-hydrogen) atoms. The number of nitrogens with two attached hydrogens (primary N) is 1. The van der Waals surface area contributed by atoms with Gasteiger partial charge in [0.2, 0.25) is 0 Å². The van der Waals surface area contributed by atoms with E-state index in [1.165, 1.54) is 0 Å². The summed E-state index contributed by atoms with van der Waals surface area (Å²) in [5, 5.41) is 3.10. The summed E-state index contributed by atoms with van der Waals surface area (Å²) < 4.78 is 31.4. The molecule has 3 N–H and O–H groups in total. The van der Waals surface area contributed by atoms with Gasteiger partial charge in [0.25, 0.3) is 5.92 Å². The van der Waals surface area contributed by atoms with Crippen LogP contribution in [0.3, 0.4) is 0 Å². The zero-order valence-electron chi connectivity index (χ0n) is 9.59. The molecular formula is C9H17F2N3O2. The van der Waals surface area contributed by atoms with E-state index in [4.69, 9.17) is 10.6 Å². The van der Waals surface area contributed by atoms with E-state index in [1.54, 1.807) is 20.8 Å². The van der Waals surface area contributed by atoms with Crippen LogP contribution in [-0.4, -0.2) is 41.8 Å². The number of alkyl halides is 2. The van der Waals surface area contributed by atoms with Crippen molar-refractivity contribution >= 4 is 6.09 Å². The number of nitrogens with one attached hydrogen (secondary N) is 1. The minimum Gasteiger partial charge on any atom is -0.444 e. The van der Waals surface area contributed by atoms with Crippen molar-refractivity contribution in [2.24, 2.45) is 5.84 Å². The van der Waals surface area contributed by atoms with Crippen molar-refractivity contribution in [3.8, 4) is 0 Å². The summed E-state index contributed by atoms with van der Waals surface area (Å²) in [4.78, 5) is 11.3. The van der Waals surface area contributed by atoms with E-state index < -0.39 is 30.2 Å². The van der Waals surface area contributed by atoms with Crippen molar-refractivity contribution in [3.63, 3.8) is 0 Å². The standard InChI is InChI=1S/C9H17F2N3O2/c1-8(2,3)16-7(15)13-6-4-14(12)5-9(6,10)11/h6H,4-5,12H2,1-3H3,(H,13,15). The van der Waals surface area contributed by atoms with Gasteiger partial charge in [-0.2, -0.15) is 0 Å². The predicted molar refractivity (Wildman–Crippen MR) is 53.9 cm³/mol. The lowest BCUT2D eigenvalue weighted by Gasteiger charge is -2.23. The summed E-state index contributed by atoms with van der Waals surface area (Å²) in [7, 11) is 0. The van der Waals surface area contributed by atoms with Crippen LogP contribution in [0, 0.1) is 0 Å². The summed E-state index contributed by atoms with van der Waals surface area (Å²) in [5.74, 6) is 2.24. The van der Waals surface area contributed by atoms with Gasteiger partial charge in [0.15, 0.2) is 0 Å². The largest absolute Gasteiger partial charge is 0.444 e. The summed E-state index contributed by atoms with van der Waals surface area (Å²) >= 11 is 0. The lowest BCUT2D eigenvalue weighted by Crippen LogP contribution is -2.48. The first-order valence-corrected chi connectivity index (χ1v) is 4.97. The molecule has 0 saturated carbocycles. The lowest BCUT2D eigenvalue weighted by atomic mass is 10.2. The molecule has 1 unspecified atom stereocenters. The van der Waals surface area contributed by atoms with Gasteiger partial charge in [-0.1, -0.05) is 0 Å². The van der Waals surface area contributed by atoms with E-state index in [2.05, 4.69) is 5.32 Å². The van der Waals surface area contributed by atoms with Gasteiger partial charge in [0.05, 0.1) is 6.54 Å². The second kappa shape index (κ2) is 4.14. The number of carbonyl (C=O) groups excluding carboxylic acids is 1. The first-order valence-electron chi connectivity index (χ1n) is 4.97. The number of halogens is 2. The summed E-state index contributed by atoms with van der Waals surface area (Å²) in [6.45, 7) is 4.33. The van der Waals surface area contributed by atoms with Crippen LogP contribution >= 0.6 is 0 Å². The molecule has 1 aliphatic rings. The van der Waals surface area contributed by atoms with E-state index in [9.17, 15) is 13.6 Å². The van der Waals surface area contributed by atoms with Gasteiger partial charge in [0.1, 0.15) is 11.6 Å². The molecule has 5 nitrogen and oxygen atoms in total. The summed E-state index contributed by atoms with van der Waals surface area (Å²) in [6, 6.07) is -1.30. The van der Waals surface area contributed by atoms with Crippen LogP contribution in [0.2, 0.25) is 0 Å². The fourth-order valence-electron chi connectivity index (χ4n) is 1.41. The third-order valence-corrected chi connectivity index (χ3v) is 2.03. The van der Waals surface area contributed by atoms with Gasteiger partial charge in [-0.15, -0.1) is 0 Å². The Labute approximate surface area is 92.9 Å². The van der Waals surface area contributed by atoms with E-state index in [-0.39, 0.29) is 6.54 Å². The normalized spacial score (nSPS) is 25.5. The van der Waals surface area contributed by atoms with Crippen molar-refractivity contribution in [2.45, 2.75) is 38.3 Å². The van der Waals surface area contributed by atoms with Crippen LogP contribution in [0.15, 0.2) is 0 Å². The van der Waals surface area contributed by atoms with Gasteiger partial charge in [-0.3, -0.25) is 5.84 Å². The highest BCUT2D eigenvalue weighted by molar-refractivity contribution is 5.68. The summed E-state index contributed by atoms with van der Waals surface area (Å²) in [5.41, 5.74) is -0.708. The fourth-order valence-corrected chi connectivity index (χ4v) is 1.41. The van der Waals surface area contributed by atoms with Crippen LogP contribution in [0.5, 0.6) is 0 Å². The molecule has 0 spiro atoms. The highest BCUT2D eigenvalue weighted by Crippen LogP contribution is 2.25. The number of hydrazine groups is 1. The highest BCUT2D eigenvalue weighted by atomic mass is 19.3. The van der Waals surface area contributed by atoms with Crippen LogP contribution in [-0.2, 0) is 4.74 Å². The molecule has 7 heteroatoms. The van der Waals surface area contributed by atoms with E-state index in [0.29, 0.717) is 0 Å². The molecule has 1 heterocycles. The first-order chi connectivity index (χ1) is 7.10. The summed E-state index contributed by atoms with van der Waals surface area (Å²) in [6.07, 6.45) is -0.854. The molecule has 0 aromatic rings. The Morgan fingerprint density at radius 3 is 2.50 bits per heavy atom. The maximum absolute atomic E-state index is 13.3. The average molecular weight is 237 g/mol. The Morgan fingerprint density at radius 1 is 1.56 bits per heavy atom. The molecule has 94 valence electrons. The average Bonchev–Trinajstić information content (AvgIpc) is 2.19. The number of alkyl carbamates (subject to hydrolysis) is 1. The third kappa shape index (κ3) is 3.57. The van der Waals surface area contributed by atoms with Crippen molar-refractivity contribution in [2.75, 3.05) is 13.1 Å². The van der Waals surface area contributed by atoms with Gasteiger partial charge >= 0.3 is 6.09 Å². The number of nitrogens with zero attached hydrogens (tertiary/aromatic N) is 1. The Kier molecular flexibility index (Phi) is 3.39. The van der Waals surface area contributed by atoms with E-state index >= 15 is 0 Å². The smallest absolute Gasteiger partial charge is 0.408 e. The number of carbonyl (C=O) groups is 1. The quantitative estimate of drug-likeness (QED) is 0.659. The molecule has 1 aliphatic heterocycles. The SMILES string of the molecule is CC(C)(C)OC(=O)NC1CN(N)CC1(F)F. The number of ether oxygens (including phenoxy) is 1. The number of rotatable bonds is 1. The Balaban J connectivity index is 2.52. The predicted octanol–water partition coefficient (Wildman–Crippen LogP) is 0.704. The highest BCUT2D eigenvalue weighted by Gasteiger charge is 2.48. The molecule has 1 rings (SSSR count). The van der Waals surface area contributed by atoms with Crippen LogP contribution in [0.25, 0.3) is 0 Å². The number of hydrogen-bond donors (Lipinski definition) is 2. The van der Waals surface area contributed by atoms with Gasteiger partial charge < -0.3 is 10.1 Å². The minimum atomic E-state index is -3.02. The monoisotopic (exact) mass is 237 g/mol. The second-order valence-corrected chi connectivity index (χ2v) is 4.89. The maximum Gasteiger partial charge on any atom is 0.408 e. The zero-order chi connectivity index (χ0) is 12.6. The van der Waals surface area contributed by atoms with Crippen molar-refractivity contribution in [1.29, 1.82) is 0 Å². The maximum atomic E-state index is 13.3. The van der Waals surface area contributed by atoms with Gasteiger partial charge in [-0.25, -0.2) is 18.6 Å². The van der Waals surface area contributed by atoms with Gasteiger partial charge in [-0.05, 0) is 20.8 Å². The van der Waals surface area contributed by atoms with Crippen molar-refractivity contribution in [1.82, 2.24) is 10.3 Å². The minimum absolute atomic E-state index is 0.0910. The molecule has 1 amide bonds. The molecule has 1 atom stereocenters. The second-order valence-electron chi connectivity index (χ2n) is 4.89. The third-order valence-electron chi connectivity index (χ3n) is 2.03. The molecular weight excluding hydrogens is 220 g/mol. The van der Waals surface area contributed by atoms with E-state index in [1.807, 2.05) is 0 Å². The topological polar surface area (TPSA) is 67.6 Å². The molecule has 1 saturated heterocycles. The van der Waals surface area contributed by atoms with Gasteiger partial charge in [0, 0.05) is 6.54 Å². The number of amides is 1. The van der Waals surface area contributed by atoms with E-state index in [0.717, 1.165) is 5.01 Å². The van der Waals surface area contributed by atoms with Crippen LogP contribution < -0.4 is 11.2 Å². The Bertz CT molecular complexity index is 278. The molecule has 1 fully saturated rings. The first kappa shape index (κ1) is 13.1. The van der Waals surface area contributed by atoms with Crippen molar-refractivity contribution in [3.05, 3.63) is 0 Å². The van der Waals surface area contributed by atoms with Crippen LogP contribution in [0.1, 0.15) is 20.8 Å². The Morgan fingerprint density at radius 2 is 2.12 bits per heavy atom. The van der Waals surface area contributed by atoms with Crippen molar-refractivity contribution < 1.29 is 18.3 Å². The number of hydrogen-bond acceptors (Lipinski definition) is 4. The molecule has 0 aromatic heterocycles. The lowest BCUT2D eigenvalue weighted by molar-refractivity contribution is -0.0162. The molecule has 0 aliphatic carbocycles. The molecule has 0 aromatic carbocycles. The molecule has 0 radical (unpaired) electrons. The Hall–Kier alpha value is -0.950. The zero-order valence-corrected chi connectivity index (χ0v) is 9.59.